The molecular formula is C22H26O3. The van der Waals surface area contributed by atoms with E-state index in [1.165, 1.54) is 0 Å². The molecule has 0 spiro atoms. The zero-order valence-corrected chi connectivity index (χ0v) is 14.8. The van der Waals surface area contributed by atoms with Gasteiger partial charge in [0.2, 0.25) is 0 Å². The number of hydrogen-bond donors (Lipinski definition) is 0. The van der Waals surface area contributed by atoms with Gasteiger partial charge in [-0.3, -0.25) is 4.79 Å². The molecule has 0 radical (unpaired) electrons. The van der Waals surface area contributed by atoms with E-state index in [4.69, 9.17) is 9.47 Å². The molecule has 0 amide bonds. The molecule has 25 heavy (non-hydrogen) atoms. The molecule has 2 atom stereocenters. The van der Waals surface area contributed by atoms with Crippen LogP contribution in [0.15, 0.2) is 54.6 Å². The van der Waals surface area contributed by atoms with Gasteiger partial charge in [-0.05, 0) is 30.9 Å². The second kappa shape index (κ2) is 8.70. The molecule has 3 nitrogen and oxygen atoms in total. The number of ether oxygens (including phenoxy) is 2. The van der Waals surface area contributed by atoms with Crippen molar-refractivity contribution < 1.29 is 14.3 Å². The number of carbonyl (C=O) groups excluding carboxylic acids is 1. The van der Waals surface area contributed by atoms with Crippen LogP contribution in [0.25, 0.3) is 0 Å². The molecule has 1 aliphatic rings. The van der Waals surface area contributed by atoms with Gasteiger partial charge in [-0.1, -0.05) is 61.9 Å². The van der Waals surface area contributed by atoms with Crippen molar-refractivity contribution in [1.82, 2.24) is 0 Å². The van der Waals surface area contributed by atoms with Crippen LogP contribution >= 0.6 is 0 Å². The minimum absolute atomic E-state index is 0.0392. The maximum absolute atomic E-state index is 11.8. The van der Waals surface area contributed by atoms with Gasteiger partial charge in [-0.15, -0.1) is 0 Å². The molecule has 1 saturated carbocycles. The minimum atomic E-state index is -0.111. The van der Waals surface area contributed by atoms with Crippen molar-refractivity contribution in [3.63, 3.8) is 0 Å². The Morgan fingerprint density at radius 1 is 1.00 bits per heavy atom. The molecule has 0 aromatic heterocycles. The van der Waals surface area contributed by atoms with Gasteiger partial charge in [0.05, 0.1) is 0 Å². The monoisotopic (exact) mass is 338 g/mol. The number of rotatable bonds is 6. The lowest BCUT2D eigenvalue weighted by Gasteiger charge is -2.32. The van der Waals surface area contributed by atoms with Crippen LogP contribution in [0.4, 0.5) is 0 Å². The van der Waals surface area contributed by atoms with Gasteiger partial charge in [0.1, 0.15) is 18.5 Å². The van der Waals surface area contributed by atoms with E-state index in [0.29, 0.717) is 13.0 Å². The van der Waals surface area contributed by atoms with Gasteiger partial charge >= 0.3 is 5.97 Å². The first-order valence-corrected chi connectivity index (χ1v) is 9.23. The molecule has 2 aromatic rings. The molecule has 0 heterocycles. The summed E-state index contributed by atoms with van der Waals surface area (Å²) in [6.45, 7) is 2.39. The molecular weight excluding hydrogens is 312 g/mol. The minimum Gasteiger partial charge on any atom is -0.489 e. The average Bonchev–Trinajstić information content (AvgIpc) is 2.68. The summed E-state index contributed by atoms with van der Waals surface area (Å²) >= 11 is 0. The first kappa shape index (κ1) is 17.5. The average molecular weight is 338 g/mol. The number of carbonyl (C=O) groups is 1. The van der Waals surface area contributed by atoms with Crippen LogP contribution in [-0.2, 0) is 16.1 Å². The van der Waals surface area contributed by atoms with Crippen LogP contribution in [0.2, 0.25) is 0 Å². The van der Waals surface area contributed by atoms with Gasteiger partial charge in [0, 0.05) is 17.9 Å². The third kappa shape index (κ3) is 4.62. The summed E-state index contributed by atoms with van der Waals surface area (Å²) < 4.78 is 11.8. The standard InChI is InChI=1S/C22H26O3/c1-2-22(23)25-21-15-9-7-13-19(21)18-12-6-8-14-20(18)24-16-17-10-4-3-5-11-17/h3-6,8,10-12,14,19,21H,2,7,9,13,15-16H2,1H3/t19-,21+/m0/s1. The Hall–Kier alpha value is -2.29. The summed E-state index contributed by atoms with van der Waals surface area (Å²) in [7, 11) is 0. The number of hydrogen-bond acceptors (Lipinski definition) is 3. The maximum atomic E-state index is 11.8. The fourth-order valence-corrected chi connectivity index (χ4v) is 3.50. The van der Waals surface area contributed by atoms with E-state index < -0.39 is 0 Å². The number of benzene rings is 2. The Labute approximate surface area is 150 Å². The molecule has 0 bridgehead atoms. The first-order chi connectivity index (χ1) is 12.3. The maximum Gasteiger partial charge on any atom is 0.305 e. The molecule has 132 valence electrons. The molecule has 3 heteroatoms. The Kier molecular flexibility index (Phi) is 6.10. The summed E-state index contributed by atoms with van der Waals surface area (Å²) in [6, 6.07) is 18.3. The summed E-state index contributed by atoms with van der Waals surface area (Å²) in [6.07, 6.45) is 4.64. The number of para-hydroxylation sites is 1. The van der Waals surface area contributed by atoms with E-state index in [9.17, 15) is 4.79 Å². The summed E-state index contributed by atoms with van der Waals surface area (Å²) in [5.41, 5.74) is 2.31. The Morgan fingerprint density at radius 3 is 2.52 bits per heavy atom. The van der Waals surface area contributed by atoms with Crippen molar-refractivity contribution in [2.75, 3.05) is 0 Å². The molecule has 0 saturated heterocycles. The predicted molar refractivity (Wildman–Crippen MR) is 98.6 cm³/mol. The van der Waals surface area contributed by atoms with Crippen molar-refractivity contribution in [2.45, 2.75) is 57.7 Å². The van der Waals surface area contributed by atoms with Crippen molar-refractivity contribution in [3.8, 4) is 5.75 Å². The van der Waals surface area contributed by atoms with Gasteiger partial charge in [0.25, 0.3) is 0 Å². The normalized spacial score (nSPS) is 20.0. The Bertz CT molecular complexity index is 681. The van der Waals surface area contributed by atoms with E-state index in [-0.39, 0.29) is 18.0 Å². The largest absolute Gasteiger partial charge is 0.489 e. The van der Waals surface area contributed by atoms with E-state index in [2.05, 4.69) is 18.2 Å². The highest BCUT2D eigenvalue weighted by molar-refractivity contribution is 5.69. The highest BCUT2D eigenvalue weighted by atomic mass is 16.5. The number of esters is 1. The third-order valence-corrected chi connectivity index (χ3v) is 4.83. The zero-order valence-electron chi connectivity index (χ0n) is 14.8. The van der Waals surface area contributed by atoms with Crippen LogP contribution in [0.1, 0.15) is 56.1 Å². The van der Waals surface area contributed by atoms with E-state index >= 15 is 0 Å². The topological polar surface area (TPSA) is 35.5 Å². The van der Waals surface area contributed by atoms with Gasteiger partial charge < -0.3 is 9.47 Å². The van der Waals surface area contributed by atoms with Crippen LogP contribution in [-0.4, -0.2) is 12.1 Å². The van der Waals surface area contributed by atoms with Crippen molar-refractivity contribution in [3.05, 3.63) is 65.7 Å². The lowest BCUT2D eigenvalue weighted by Crippen LogP contribution is -2.28. The highest BCUT2D eigenvalue weighted by Gasteiger charge is 2.31. The summed E-state index contributed by atoms with van der Waals surface area (Å²) in [4.78, 5) is 11.8. The van der Waals surface area contributed by atoms with Crippen LogP contribution in [0.3, 0.4) is 0 Å². The zero-order chi connectivity index (χ0) is 17.5. The van der Waals surface area contributed by atoms with Crippen LogP contribution < -0.4 is 4.74 Å². The highest BCUT2D eigenvalue weighted by Crippen LogP contribution is 2.39. The molecule has 1 fully saturated rings. The molecule has 3 rings (SSSR count). The quantitative estimate of drug-likeness (QED) is 0.675. The molecule has 0 N–H and O–H groups in total. The van der Waals surface area contributed by atoms with Gasteiger partial charge in [-0.25, -0.2) is 0 Å². The fourth-order valence-electron chi connectivity index (χ4n) is 3.50. The molecule has 1 aliphatic carbocycles. The summed E-state index contributed by atoms with van der Waals surface area (Å²) in [5.74, 6) is 1.01. The van der Waals surface area contributed by atoms with Gasteiger partial charge in [-0.2, -0.15) is 0 Å². The Balaban J connectivity index is 1.77. The molecule has 0 aliphatic heterocycles. The molecule has 0 unspecified atom stereocenters. The lowest BCUT2D eigenvalue weighted by atomic mass is 9.81. The predicted octanol–water partition coefficient (Wildman–Crippen LogP) is 5.25. The van der Waals surface area contributed by atoms with Crippen molar-refractivity contribution in [2.24, 2.45) is 0 Å². The van der Waals surface area contributed by atoms with E-state index in [0.717, 1.165) is 42.6 Å². The van der Waals surface area contributed by atoms with Crippen LogP contribution in [0.5, 0.6) is 5.75 Å². The Morgan fingerprint density at radius 2 is 1.72 bits per heavy atom. The molecule has 2 aromatic carbocycles. The second-order valence-electron chi connectivity index (χ2n) is 6.58. The third-order valence-electron chi connectivity index (χ3n) is 4.83. The lowest BCUT2D eigenvalue weighted by molar-refractivity contribution is -0.151. The summed E-state index contributed by atoms with van der Waals surface area (Å²) in [5, 5.41) is 0. The second-order valence-corrected chi connectivity index (χ2v) is 6.58. The first-order valence-electron chi connectivity index (χ1n) is 9.23. The smallest absolute Gasteiger partial charge is 0.305 e. The van der Waals surface area contributed by atoms with E-state index in [1.807, 2.05) is 43.3 Å². The van der Waals surface area contributed by atoms with Gasteiger partial charge in [0.15, 0.2) is 0 Å². The van der Waals surface area contributed by atoms with E-state index in [1.54, 1.807) is 0 Å². The SMILES string of the molecule is CCC(=O)O[C@@H]1CCCC[C@H]1c1ccccc1OCc1ccccc1. The van der Waals surface area contributed by atoms with Crippen molar-refractivity contribution in [1.29, 1.82) is 0 Å². The van der Waals surface area contributed by atoms with Crippen LogP contribution in [0, 0.1) is 0 Å². The fraction of sp³-hybridized carbons (Fsp3) is 0.409. The van der Waals surface area contributed by atoms with Crippen molar-refractivity contribution >= 4 is 5.97 Å².